The van der Waals surface area contributed by atoms with Crippen LogP contribution in [-0.2, 0) is 4.79 Å². The fraction of sp³-hybridized carbons (Fsp3) is 0.381. The average Bonchev–Trinajstić information content (AvgIpc) is 2.64. The molecular weight excluding hydrogens is 328 g/mol. The summed E-state index contributed by atoms with van der Waals surface area (Å²) in [6.07, 6.45) is 0.549. The van der Waals surface area contributed by atoms with Gasteiger partial charge in [-0.15, -0.1) is 0 Å². The molecule has 2 atom stereocenters. The van der Waals surface area contributed by atoms with Gasteiger partial charge in [-0.1, -0.05) is 60.7 Å². The molecule has 0 spiro atoms. The second kappa shape index (κ2) is 9.07. The van der Waals surface area contributed by atoms with Crippen molar-refractivity contribution in [1.82, 2.24) is 10.6 Å². The van der Waals surface area contributed by atoms with E-state index in [1.165, 1.54) is 11.1 Å². The first kappa shape index (κ1) is 18.0. The van der Waals surface area contributed by atoms with Crippen molar-refractivity contribution in [3.05, 3.63) is 71.8 Å². The third-order valence-electron chi connectivity index (χ3n) is 4.64. The van der Waals surface area contributed by atoms with Crippen LogP contribution in [0.3, 0.4) is 0 Å². The molecule has 2 unspecified atom stereocenters. The quantitative estimate of drug-likeness (QED) is 0.835. The van der Waals surface area contributed by atoms with E-state index in [0.29, 0.717) is 6.42 Å². The van der Waals surface area contributed by atoms with Crippen molar-refractivity contribution in [3.63, 3.8) is 0 Å². The van der Waals surface area contributed by atoms with Crippen LogP contribution in [0.2, 0.25) is 0 Å². The van der Waals surface area contributed by atoms with E-state index in [1.54, 1.807) is 0 Å². The first-order valence-electron chi connectivity index (χ1n) is 8.94. The molecule has 0 radical (unpaired) electrons. The molecule has 132 valence electrons. The monoisotopic (exact) mass is 354 g/mol. The molecule has 2 aromatic carbocycles. The summed E-state index contributed by atoms with van der Waals surface area (Å²) in [5.74, 6) is 2.44. The third kappa shape index (κ3) is 5.10. The lowest BCUT2D eigenvalue weighted by Crippen LogP contribution is -2.44. The number of carbonyl (C=O) groups excluding carboxylic acids is 1. The Balaban J connectivity index is 1.71. The van der Waals surface area contributed by atoms with E-state index in [2.05, 4.69) is 66.1 Å². The summed E-state index contributed by atoms with van der Waals surface area (Å²) in [6, 6.07) is 21.2. The predicted molar refractivity (Wildman–Crippen MR) is 106 cm³/mol. The standard InChI is InChI=1S/C21H26N2OS/c1-16(23-20(24)14-19-15-25-13-12-22-19)21(17-8-4-2-5-9-17)18-10-6-3-7-11-18/h2-11,16,19,21-22H,12-15H2,1H3,(H,23,24). The third-order valence-corrected chi connectivity index (χ3v) is 5.77. The van der Waals surface area contributed by atoms with E-state index in [9.17, 15) is 4.79 Å². The number of benzene rings is 2. The number of carbonyl (C=O) groups is 1. The van der Waals surface area contributed by atoms with Crippen LogP contribution in [-0.4, -0.2) is 36.0 Å². The van der Waals surface area contributed by atoms with Gasteiger partial charge in [0.1, 0.15) is 0 Å². The molecule has 1 aliphatic rings. The second-order valence-electron chi connectivity index (χ2n) is 6.59. The van der Waals surface area contributed by atoms with Gasteiger partial charge in [-0.3, -0.25) is 4.79 Å². The van der Waals surface area contributed by atoms with Gasteiger partial charge in [0, 0.05) is 42.5 Å². The van der Waals surface area contributed by atoms with Crippen molar-refractivity contribution in [2.45, 2.75) is 31.3 Å². The molecule has 0 aromatic heterocycles. The first-order valence-corrected chi connectivity index (χ1v) is 10.1. The van der Waals surface area contributed by atoms with Gasteiger partial charge in [-0.05, 0) is 18.1 Å². The number of amides is 1. The highest BCUT2D eigenvalue weighted by atomic mass is 32.2. The Kier molecular flexibility index (Phi) is 6.54. The van der Waals surface area contributed by atoms with Crippen LogP contribution in [0.25, 0.3) is 0 Å². The molecule has 0 saturated carbocycles. The van der Waals surface area contributed by atoms with Crippen LogP contribution >= 0.6 is 11.8 Å². The number of nitrogens with one attached hydrogen (secondary N) is 2. The lowest BCUT2D eigenvalue weighted by atomic mass is 9.85. The van der Waals surface area contributed by atoms with E-state index < -0.39 is 0 Å². The van der Waals surface area contributed by atoms with E-state index in [4.69, 9.17) is 0 Å². The highest BCUT2D eigenvalue weighted by Gasteiger charge is 2.24. The lowest BCUT2D eigenvalue weighted by Gasteiger charge is -2.28. The smallest absolute Gasteiger partial charge is 0.221 e. The number of thioether (sulfide) groups is 1. The van der Waals surface area contributed by atoms with Crippen LogP contribution in [0.1, 0.15) is 30.4 Å². The molecule has 0 aliphatic carbocycles. The molecule has 2 N–H and O–H groups in total. The average molecular weight is 355 g/mol. The largest absolute Gasteiger partial charge is 0.353 e. The molecule has 4 heteroatoms. The Bertz CT molecular complexity index is 617. The summed E-state index contributed by atoms with van der Waals surface area (Å²) < 4.78 is 0. The minimum atomic E-state index is 0.0357. The maximum atomic E-state index is 12.5. The Morgan fingerprint density at radius 1 is 1.12 bits per heavy atom. The van der Waals surface area contributed by atoms with Gasteiger partial charge < -0.3 is 10.6 Å². The van der Waals surface area contributed by atoms with E-state index in [0.717, 1.165) is 18.1 Å². The molecule has 1 heterocycles. The van der Waals surface area contributed by atoms with Crippen LogP contribution in [0, 0.1) is 0 Å². The van der Waals surface area contributed by atoms with Gasteiger partial charge in [-0.25, -0.2) is 0 Å². The number of hydrogen-bond donors (Lipinski definition) is 2. The van der Waals surface area contributed by atoms with Gasteiger partial charge >= 0.3 is 0 Å². The number of hydrogen-bond acceptors (Lipinski definition) is 3. The lowest BCUT2D eigenvalue weighted by molar-refractivity contribution is -0.122. The molecule has 1 aliphatic heterocycles. The Morgan fingerprint density at radius 3 is 2.24 bits per heavy atom. The topological polar surface area (TPSA) is 41.1 Å². The van der Waals surface area contributed by atoms with Crippen LogP contribution in [0.5, 0.6) is 0 Å². The van der Waals surface area contributed by atoms with Gasteiger partial charge in [0.25, 0.3) is 0 Å². The van der Waals surface area contributed by atoms with Crippen molar-refractivity contribution >= 4 is 17.7 Å². The van der Waals surface area contributed by atoms with E-state index in [-0.39, 0.29) is 23.9 Å². The van der Waals surface area contributed by atoms with Crippen molar-refractivity contribution in [1.29, 1.82) is 0 Å². The van der Waals surface area contributed by atoms with Crippen molar-refractivity contribution < 1.29 is 4.79 Å². The molecule has 0 bridgehead atoms. The zero-order valence-electron chi connectivity index (χ0n) is 14.7. The zero-order valence-corrected chi connectivity index (χ0v) is 15.5. The molecule has 2 aromatic rings. The molecule has 3 nitrogen and oxygen atoms in total. The first-order chi connectivity index (χ1) is 12.2. The summed E-state index contributed by atoms with van der Waals surface area (Å²) in [5, 5.41) is 6.67. The summed E-state index contributed by atoms with van der Waals surface area (Å²) in [7, 11) is 0. The Hall–Kier alpha value is -1.78. The van der Waals surface area contributed by atoms with Gasteiger partial charge in [0.2, 0.25) is 5.91 Å². The van der Waals surface area contributed by atoms with Crippen LogP contribution < -0.4 is 10.6 Å². The summed E-state index contributed by atoms with van der Waals surface area (Å²) >= 11 is 1.92. The Labute approximate surface area is 154 Å². The summed E-state index contributed by atoms with van der Waals surface area (Å²) in [4.78, 5) is 12.5. The summed E-state index contributed by atoms with van der Waals surface area (Å²) in [5.41, 5.74) is 2.46. The highest BCUT2D eigenvalue weighted by Crippen LogP contribution is 2.28. The normalized spacial score (nSPS) is 18.7. The molecule has 25 heavy (non-hydrogen) atoms. The molecule has 1 amide bonds. The SMILES string of the molecule is CC(NC(=O)CC1CSCCN1)C(c1ccccc1)c1ccccc1. The molecule has 1 fully saturated rings. The molecular formula is C21H26N2OS. The highest BCUT2D eigenvalue weighted by molar-refractivity contribution is 7.99. The Morgan fingerprint density at radius 2 is 1.72 bits per heavy atom. The van der Waals surface area contributed by atoms with Gasteiger partial charge in [0.05, 0.1) is 0 Å². The van der Waals surface area contributed by atoms with Crippen molar-refractivity contribution in [2.75, 3.05) is 18.1 Å². The zero-order chi connectivity index (χ0) is 17.5. The van der Waals surface area contributed by atoms with Crippen LogP contribution in [0.15, 0.2) is 60.7 Å². The van der Waals surface area contributed by atoms with E-state index >= 15 is 0 Å². The second-order valence-corrected chi connectivity index (χ2v) is 7.74. The maximum Gasteiger partial charge on any atom is 0.221 e. The summed E-state index contributed by atoms with van der Waals surface area (Å²) in [6.45, 7) is 3.10. The van der Waals surface area contributed by atoms with Crippen molar-refractivity contribution in [3.8, 4) is 0 Å². The maximum absolute atomic E-state index is 12.5. The molecule has 3 rings (SSSR count). The molecule has 1 saturated heterocycles. The number of rotatable bonds is 6. The van der Waals surface area contributed by atoms with Gasteiger partial charge in [0.15, 0.2) is 0 Å². The van der Waals surface area contributed by atoms with Crippen LogP contribution in [0.4, 0.5) is 0 Å². The fourth-order valence-corrected chi connectivity index (χ4v) is 4.41. The minimum Gasteiger partial charge on any atom is -0.353 e. The minimum absolute atomic E-state index is 0.0357. The van der Waals surface area contributed by atoms with Gasteiger partial charge in [-0.2, -0.15) is 11.8 Å². The fourth-order valence-electron chi connectivity index (χ4n) is 3.46. The van der Waals surface area contributed by atoms with Crippen molar-refractivity contribution in [2.24, 2.45) is 0 Å². The predicted octanol–water partition coefficient (Wildman–Crippen LogP) is 3.42. The van der Waals surface area contributed by atoms with E-state index in [1.807, 2.05) is 23.9 Å².